The summed E-state index contributed by atoms with van der Waals surface area (Å²) in [7, 11) is 0. The largest absolute Gasteiger partial charge is 0.462 e. The molecule has 0 radical (unpaired) electrons. The van der Waals surface area contributed by atoms with Crippen molar-refractivity contribution in [1.29, 1.82) is 0 Å². The fourth-order valence-electron chi connectivity index (χ4n) is 3.56. The Bertz CT molecular complexity index is 1060. The number of amides is 1. The first-order chi connectivity index (χ1) is 15.9. The van der Waals surface area contributed by atoms with Crippen LogP contribution in [0.1, 0.15) is 12.5 Å². The van der Waals surface area contributed by atoms with Gasteiger partial charge in [0, 0.05) is 18.1 Å². The summed E-state index contributed by atoms with van der Waals surface area (Å²) < 4.78 is 93.8. The average Bonchev–Trinajstić information content (AvgIpc) is 2.76. The van der Waals surface area contributed by atoms with E-state index in [0.29, 0.717) is 18.2 Å². The van der Waals surface area contributed by atoms with Gasteiger partial charge in [-0.1, -0.05) is 6.07 Å². The number of benzene rings is 2. The van der Waals surface area contributed by atoms with E-state index in [1.807, 2.05) is 0 Å². The third-order valence-corrected chi connectivity index (χ3v) is 5.13. The highest BCUT2D eigenvalue weighted by Gasteiger charge is 2.46. The quantitative estimate of drug-likeness (QED) is 0.374. The van der Waals surface area contributed by atoms with Gasteiger partial charge in [0.15, 0.2) is 17.5 Å². The summed E-state index contributed by atoms with van der Waals surface area (Å²) in [5, 5.41) is 32.0. The van der Waals surface area contributed by atoms with Gasteiger partial charge in [-0.3, -0.25) is 4.79 Å². The van der Waals surface area contributed by atoms with Crippen LogP contribution in [0.4, 0.5) is 26.3 Å². The van der Waals surface area contributed by atoms with Gasteiger partial charge in [0.1, 0.15) is 30.1 Å². The number of aliphatic hydroxyl groups excluding tert-OH is 3. The molecule has 0 spiro atoms. The number of alkyl halides is 3. The topological polar surface area (TPSA) is 108 Å². The molecule has 1 amide bonds. The molecule has 2 aromatic rings. The fraction of sp³-hybridized carbons (Fsp3) is 0.381. The van der Waals surface area contributed by atoms with Crippen molar-refractivity contribution < 1.29 is 55.9 Å². The van der Waals surface area contributed by atoms with Gasteiger partial charge in [0.2, 0.25) is 12.2 Å². The number of nitrogens with one attached hydrogen (secondary N) is 1. The smallest absolute Gasteiger partial charge is 0.417 e. The molecule has 1 heterocycles. The summed E-state index contributed by atoms with van der Waals surface area (Å²) in [6.07, 6.45) is -11.8. The van der Waals surface area contributed by atoms with Crippen molar-refractivity contribution >= 4 is 5.91 Å². The first-order valence-electron chi connectivity index (χ1n) is 9.77. The van der Waals surface area contributed by atoms with E-state index in [1.165, 1.54) is 0 Å². The molecule has 1 aliphatic rings. The van der Waals surface area contributed by atoms with Crippen LogP contribution in [0.2, 0.25) is 0 Å². The first-order valence-corrected chi connectivity index (χ1v) is 9.77. The van der Waals surface area contributed by atoms with E-state index < -0.39 is 89.2 Å². The Morgan fingerprint density at radius 2 is 1.76 bits per heavy atom. The minimum absolute atomic E-state index is 0.434. The molecule has 2 aromatic carbocycles. The van der Waals surface area contributed by atoms with Gasteiger partial charge in [-0.15, -0.1) is 0 Å². The van der Waals surface area contributed by atoms with Crippen LogP contribution < -0.4 is 10.1 Å². The van der Waals surface area contributed by atoms with Crippen molar-refractivity contribution in [3.63, 3.8) is 0 Å². The standard InChI is InChI=1S/C21H19F6NO6/c1-8(30)28-17-19(32)18(31)13(7-29)34-20(17)33-12-4-2-3-10(21(25,26)27)14(12)9-5-6-11(22)16(24)15(9)23/h2-6,13,17-20,29,31-32H,7H2,1H3,(H,28,30)/t13-,17-,18+,19-,20-/m1/s1. The second kappa shape index (κ2) is 9.78. The second-order valence-electron chi connectivity index (χ2n) is 7.45. The molecule has 0 saturated carbocycles. The van der Waals surface area contributed by atoms with E-state index in [4.69, 9.17) is 9.47 Å². The van der Waals surface area contributed by atoms with E-state index in [0.717, 1.165) is 19.1 Å². The van der Waals surface area contributed by atoms with Crippen LogP contribution in [-0.4, -0.2) is 58.5 Å². The highest BCUT2D eigenvalue weighted by atomic mass is 19.4. The average molecular weight is 495 g/mol. The Kier molecular flexibility index (Phi) is 7.41. The number of hydrogen-bond acceptors (Lipinski definition) is 6. The highest BCUT2D eigenvalue weighted by molar-refractivity contribution is 5.75. The Hall–Kier alpha value is -2.87. The van der Waals surface area contributed by atoms with Crippen molar-refractivity contribution in [2.24, 2.45) is 0 Å². The van der Waals surface area contributed by atoms with E-state index in [1.54, 1.807) is 0 Å². The van der Waals surface area contributed by atoms with Crippen LogP contribution in [0.25, 0.3) is 11.1 Å². The first kappa shape index (κ1) is 25.7. The van der Waals surface area contributed by atoms with Gasteiger partial charge >= 0.3 is 6.18 Å². The van der Waals surface area contributed by atoms with Gasteiger partial charge in [-0.05, 0) is 24.3 Å². The van der Waals surface area contributed by atoms with E-state index in [9.17, 15) is 46.5 Å². The lowest BCUT2D eigenvalue weighted by molar-refractivity contribution is -0.244. The van der Waals surface area contributed by atoms with Crippen molar-refractivity contribution in [1.82, 2.24) is 5.32 Å². The van der Waals surface area contributed by atoms with Crippen LogP contribution in [0.15, 0.2) is 30.3 Å². The van der Waals surface area contributed by atoms with E-state index in [-0.39, 0.29) is 0 Å². The van der Waals surface area contributed by atoms with Crippen molar-refractivity contribution in [3.05, 3.63) is 53.3 Å². The molecule has 1 aliphatic heterocycles. The highest BCUT2D eigenvalue weighted by Crippen LogP contribution is 2.44. The molecule has 0 bridgehead atoms. The van der Waals surface area contributed by atoms with Gasteiger partial charge in [-0.25, -0.2) is 13.2 Å². The summed E-state index contributed by atoms with van der Waals surface area (Å²) in [6, 6.07) is 1.89. The summed E-state index contributed by atoms with van der Waals surface area (Å²) >= 11 is 0. The molecular weight excluding hydrogens is 476 g/mol. The van der Waals surface area contributed by atoms with Gasteiger partial charge in [-0.2, -0.15) is 13.2 Å². The molecule has 4 N–H and O–H groups in total. The molecule has 1 fully saturated rings. The van der Waals surface area contributed by atoms with Crippen LogP contribution >= 0.6 is 0 Å². The molecule has 0 aromatic heterocycles. The maximum absolute atomic E-state index is 14.5. The monoisotopic (exact) mass is 495 g/mol. The van der Waals surface area contributed by atoms with Gasteiger partial charge in [0.25, 0.3) is 0 Å². The summed E-state index contributed by atoms with van der Waals surface area (Å²) in [5.41, 5.74) is -3.44. The number of rotatable bonds is 5. The summed E-state index contributed by atoms with van der Waals surface area (Å²) in [6.45, 7) is 0.207. The van der Waals surface area contributed by atoms with E-state index in [2.05, 4.69) is 5.32 Å². The lowest BCUT2D eigenvalue weighted by Crippen LogP contribution is -2.65. The number of aliphatic hydroxyl groups is 3. The molecular formula is C21H19F6NO6. The molecule has 186 valence electrons. The zero-order valence-corrected chi connectivity index (χ0v) is 17.3. The van der Waals surface area contributed by atoms with Crippen LogP contribution in [-0.2, 0) is 15.7 Å². The maximum atomic E-state index is 14.5. The van der Waals surface area contributed by atoms with Crippen molar-refractivity contribution in [3.8, 4) is 16.9 Å². The lowest BCUT2D eigenvalue weighted by atomic mass is 9.95. The van der Waals surface area contributed by atoms with Crippen LogP contribution in [0.3, 0.4) is 0 Å². The van der Waals surface area contributed by atoms with Crippen LogP contribution in [0, 0.1) is 17.5 Å². The second-order valence-corrected chi connectivity index (χ2v) is 7.45. The van der Waals surface area contributed by atoms with E-state index >= 15 is 0 Å². The molecule has 1 saturated heterocycles. The fourth-order valence-corrected chi connectivity index (χ4v) is 3.56. The molecule has 5 atom stereocenters. The third-order valence-electron chi connectivity index (χ3n) is 5.13. The number of carbonyl (C=O) groups excluding carboxylic acids is 1. The molecule has 7 nitrogen and oxygen atoms in total. The molecule has 13 heteroatoms. The maximum Gasteiger partial charge on any atom is 0.417 e. The number of hydrogen-bond donors (Lipinski definition) is 4. The summed E-state index contributed by atoms with van der Waals surface area (Å²) in [5.74, 6) is -7.00. The Morgan fingerprint density at radius 1 is 1.09 bits per heavy atom. The molecule has 0 unspecified atom stereocenters. The van der Waals surface area contributed by atoms with Crippen molar-refractivity contribution in [2.45, 2.75) is 43.7 Å². The number of ether oxygens (including phenoxy) is 2. The molecule has 0 aliphatic carbocycles. The lowest BCUT2D eigenvalue weighted by Gasteiger charge is -2.42. The summed E-state index contributed by atoms with van der Waals surface area (Å²) in [4.78, 5) is 11.6. The number of carbonyl (C=O) groups is 1. The molecule has 3 rings (SSSR count). The zero-order valence-electron chi connectivity index (χ0n) is 17.3. The van der Waals surface area contributed by atoms with Gasteiger partial charge < -0.3 is 30.1 Å². The van der Waals surface area contributed by atoms with Crippen LogP contribution in [0.5, 0.6) is 5.75 Å². The SMILES string of the molecule is CC(=O)N[C@H]1[C@H](Oc2cccc(C(F)(F)F)c2-c2ccc(F)c(F)c2F)O[C@H](CO)[C@H](O)[C@@H]1O. The third kappa shape index (κ3) is 4.97. The Balaban J connectivity index is 2.16. The van der Waals surface area contributed by atoms with Gasteiger partial charge in [0.05, 0.1) is 12.2 Å². The predicted molar refractivity (Wildman–Crippen MR) is 103 cm³/mol. The Labute approximate surface area is 188 Å². The Morgan fingerprint density at radius 3 is 2.35 bits per heavy atom. The normalized spacial score (nSPS) is 25.2. The minimum Gasteiger partial charge on any atom is -0.462 e. The zero-order chi connectivity index (χ0) is 25.4. The minimum atomic E-state index is -5.08. The number of halogens is 6. The molecule has 34 heavy (non-hydrogen) atoms. The predicted octanol–water partition coefficient (Wildman–Crippen LogP) is 2.11. The van der Waals surface area contributed by atoms with Crippen molar-refractivity contribution in [2.75, 3.05) is 6.61 Å².